The lowest BCUT2D eigenvalue weighted by Gasteiger charge is -2.01. The van der Waals surface area contributed by atoms with Crippen LogP contribution in [0.4, 0.5) is 0 Å². The SMILES string of the molecule is Cc1ccc(C(=O)N=c2sc3ccccc3n2CCO)cc1. The van der Waals surface area contributed by atoms with Gasteiger partial charge in [-0.05, 0) is 31.2 Å². The topological polar surface area (TPSA) is 54.6 Å². The van der Waals surface area contributed by atoms with Crippen LogP contribution in [0.1, 0.15) is 15.9 Å². The van der Waals surface area contributed by atoms with Gasteiger partial charge >= 0.3 is 0 Å². The average molecular weight is 312 g/mol. The zero-order valence-electron chi connectivity index (χ0n) is 12.2. The molecular formula is C17H16N2O2S. The number of carbonyl (C=O) groups excluding carboxylic acids is 1. The summed E-state index contributed by atoms with van der Waals surface area (Å²) < 4.78 is 2.93. The third-order valence-electron chi connectivity index (χ3n) is 3.41. The van der Waals surface area contributed by atoms with Crippen LogP contribution in [0, 0.1) is 6.92 Å². The molecule has 1 amide bonds. The molecule has 2 aromatic carbocycles. The first-order valence-electron chi connectivity index (χ1n) is 7.04. The van der Waals surface area contributed by atoms with E-state index in [-0.39, 0.29) is 12.5 Å². The van der Waals surface area contributed by atoms with E-state index in [0.29, 0.717) is 16.9 Å². The fraction of sp³-hybridized carbons (Fsp3) is 0.176. The van der Waals surface area contributed by atoms with Crippen LogP contribution in [0.3, 0.4) is 0 Å². The smallest absolute Gasteiger partial charge is 0.279 e. The van der Waals surface area contributed by atoms with E-state index in [1.54, 1.807) is 12.1 Å². The number of para-hydroxylation sites is 1. The largest absolute Gasteiger partial charge is 0.395 e. The summed E-state index contributed by atoms with van der Waals surface area (Å²) in [7, 11) is 0. The Labute approximate surface area is 132 Å². The van der Waals surface area contributed by atoms with Gasteiger partial charge < -0.3 is 9.67 Å². The predicted molar refractivity (Wildman–Crippen MR) is 88.0 cm³/mol. The second kappa shape index (κ2) is 6.25. The molecule has 5 heteroatoms. The van der Waals surface area contributed by atoms with Gasteiger partial charge in [-0.25, -0.2) is 0 Å². The summed E-state index contributed by atoms with van der Waals surface area (Å²) in [6.07, 6.45) is 0. The first kappa shape index (κ1) is 14.7. The van der Waals surface area contributed by atoms with E-state index in [1.165, 1.54) is 11.3 Å². The maximum Gasteiger partial charge on any atom is 0.279 e. The minimum absolute atomic E-state index is 0.00658. The van der Waals surface area contributed by atoms with Crippen molar-refractivity contribution >= 4 is 27.5 Å². The standard InChI is InChI=1S/C17H16N2O2S/c1-12-6-8-13(9-7-12)16(21)18-17-19(10-11-20)14-4-2-3-5-15(14)22-17/h2-9,20H,10-11H2,1H3. The molecule has 0 aliphatic carbocycles. The van der Waals surface area contributed by atoms with E-state index in [4.69, 9.17) is 0 Å². The van der Waals surface area contributed by atoms with Crippen LogP contribution in [-0.2, 0) is 6.54 Å². The van der Waals surface area contributed by atoms with Crippen LogP contribution >= 0.6 is 11.3 Å². The molecule has 22 heavy (non-hydrogen) atoms. The molecule has 1 heterocycles. The second-order valence-electron chi connectivity index (χ2n) is 5.01. The van der Waals surface area contributed by atoms with Crippen molar-refractivity contribution in [1.29, 1.82) is 0 Å². The molecule has 112 valence electrons. The Morgan fingerprint density at radius 2 is 1.91 bits per heavy atom. The molecule has 0 radical (unpaired) electrons. The molecule has 0 bridgehead atoms. The molecule has 0 fully saturated rings. The molecule has 0 saturated carbocycles. The average Bonchev–Trinajstić information content (AvgIpc) is 2.86. The summed E-state index contributed by atoms with van der Waals surface area (Å²) in [4.78, 5) is 17.2. The molecule has 1 aromatic heterocycles. The number of amides is 1. The normalized spacial score (nSPS) is 12.0. The van der Waals surface area contributed by atoms with Gasteiger partial charge in [0, 0.05) is 12.1 Å². The molecule has 0 saturated heterocycles. The molecule has 0 aliphatic heterocycles. The van der Waals surface area contributed by atoms with E-state index in [1.807, 2.05) is 47.9 Å². The number of benzene rings is 2. The third-order valence-corrected chi connectivity index (χ3v) is 4.47. The summed E-state index contributed by atoms with van der Waals surface area (Å²) in [6.45, 7) is 2.41. The van der Waals surface area contributed by atoms with Crippen molar-refractivity contribution in [3.63, 3.8) is 0 Å². The van der Waals surface area contributed by atoms with Crippen molar-refractivity contribution in [2.75, 3.05) is 6.61 Å². The van der Waals surface area contributed by atoms with Gasteiger partial charge in [0.25, 0.3) is 5.91 Å². The first-order chi connectivity index (χ1) is 10.7. The number of aryl methyl sites for hydroxylation is 1. The second-order valence-corrected chi connectivity index (χ2v) is 6.02. The minimum Gasteiger partial charge on any atom is -0.395 e. The monoisotopic (exact) mass is 312 g/mol. The number of thiazole rings is 1. The van der Waals surface area contributed by atoms with Crippen molar-refractivity contribution in [2.45, 2.75) is 13.5 Å². The number of aromatic nitrogens is 1. The van der Waals surface area contributed by atoms with Crippen LogP contribution in [0.2, 0.25) is 0 Å². The number of aliphatic hydroxyl groups excluding tert-OH is 1. The van der Waals surface area contributed by atoms with Gasteiger partial charge in [-0.15, -0.1) is 0 Å². The molecule has 0 unspecified atom stereocenters. The molecule has 1 N–H and O–H groups in total. The van der Waals surface area contributed by atoms with Crippen LogP contribution in [0.5, 0.6) is 0 Å². The van der Waals surface area contributed by atoms with Crippen molar-refractivity contribution in [3.05, 3.63) is 64.5 Å². The Morgan fingerprint density at radius 3 is 2.64 bits per heavy atom. The highest BCUT2D eigenvalue weighted by Gasteiger charge is 2.08. The van der Waals surface area contributed by atoms with E-state index in [9.17, 15) is 9.90 Å². The Hall–Kier alpha value is -2.24. The van der Waals surface area contributed by atoms with Gasteiger partial charge in [-0.1, -0.05) is 41.2 Å². The van der Waals surface area contributed by atoms with Crippen LogP contribution < -0.4 is 4.80 Å². The maximum absolute atomic E-state index is 12.3. The Bertz CT molecular complexity index is 876. The van der Waals surface area contributed by atoms with Crippen molar-refractivity contribution in [1.82, 2.24) is 4.57 Å². The minimum atomic E-state index is -0.266. The number of fused-ring (bicyclic) bond motifs is 1. The Kier molecular flexibility index (Phi) is 4.18. The van der Waals surface area contributed by atoms with Crippen LogP contribution in [-0.4, -0.2) is 22.2 Å². The molecule has 3 aromatic rings. The summed E-state index contributed by atoms with van der Waals surface area (Å²) >= 11 is 1.45. The maximum atomic E-state index is 12.3. The lowest BCUT2D eigenvalue weighted by molar-refractivity contribution is 0.0997. The summed E-state index contributed by atoms with van der Waals surface area (Å²) in [5, 5.41) is 9.26. The van der Waals surface area contributed by atoms with Crippen molar-refractivity contribution < 1.29 is 9.90 Å². The lowest BCUT2D eigenvalue weighted by atomic mass is 10.1. The molecule has 0 spiro atoms. The van der Waals surface area contributed by atoms with E-state index >= 15 is 0 Å². The number of nitrogens with zero attached hydrogens (tertiary/aromatic N) is 2. The Morgan fingerprint density at radius 1 is 1.18 bits per heavy atom. The summed E-state index contributed by atoms with van der Waals surface area (Å²) in [6, 6.07) is 15.2. The highest BCUT2D eigenvalue weighted by molar-refractivity contribution is 7.16. The van der Waals surface area contributed by atoms with Crippen molar-refractivity contribution in [2.24, 2.45) is 4.99 Å². The number of hydrogen-bond donors (Lipinski definition) is 1. The quantitative estimate of drug-likeness (QED) is 0.808. The van der Waals surface area contributed by atoms with Gasteiger partial charge in [0.2, 0.25) is 0 Å². The van der Waals surface area contributed by atoms with Gasteiger partial charge in [-0.2, -0.15) is 4.99 Å². The zero-order chi connectivity index (χ0) is 15.5. The molecule has 3 rings (SSSR count). The lowest BCUT2D eigenvalue weighted by Crippen LogP contribution is -2.18. The van der Waals surface area contributed by atoms with Crippen molar-refractivity contribution in [3.8, 4) is 0 Å². The fourth-order valence-electron chi connectivity index (χ4n) is 2.27. The molecule has 0 aliphatic rings. The number of rotatable bonds is 3. The summed E-state index contributed by atoms with van der Waals surface area (Å²) in [5.74, 6) is -0.266. The highest BCUT2D eigenvalue weighted by atomic mass is 32.1. The van der Waals surface area contributed by atoms with Gasteiger partial charge in [0.15, 0.2) is 4.80 Å². The van der Waals surface area contributed by atoms with Crippen LogP contribution in [0.15, 0.2) is 53.5 Å². The fourth-order valence-corrected chi connectivity index (χ4v) is 3.32. The summed E-state index contributed by atoms with van der Waals surface area (Å²) in [5.41, 5.74) is 2.66. The Balaban J connectivity index is 2.10. The highest BCUT2D eigenvalue weighted by Crippen LogP contribution is 2.16. The van der Waals surface area contributed by atoms with E-state index < -0.39 is 0 Å². The number of carbonyl (C=O) groups is 1. The zero-order valence-corrected chi connectivity index (χ0v) is 13.0. The molecular weight excluding hydrogens is 296 g/mol. The van der Waals surface area contributed by atoms with E-state index in [0.717, 1.165) is 15.8 Å². The van der Waals surface area contributed by atoms with Crippen LogP contribution in [0.25, 0.3) is 10.2 Å². The third kappa shape index (κ3) is 2.86. The van der Waals surface area contributed by atoms with Gasteiger partial charge in [-0.3, -0.25) is 4.79 Å². The van der Waals surface area contributed by atoms with Gasteiger partial charge in [0.05, 0.1) is 16.8 Å². The van der Waals surface area contributed by atoms with Gasteiger partial charge in [0.1, 0.15) is 0 Å². The first-order valence-corrected chi connectivity index (χ1v) is 7.85. The number of aliphatic hydroxyl groups is 1. The number of hydrogen-bond acceptors (Lipinski definition) is 3. The molecule has 4 nitrogen and oxygen atoms in total. The van der Waals surface area contributed by atoms with E-state index in [2.05, 4.69) is 4.99 Å². The predicted octanol–water partition coefficient (Wildman–Crippen LogP) is 2.74. The molecule has 0 atom stereocenters.